The molecule has 33 heavy (non-hydrogen) atoms. The van der Waals surface area contributed by atoms with E-state index in [1.54, 1.807) is 24.3 Å². The molecule has 0 radical (unpaired) electrons. The molecule has 0 unspecified atom stereocenters. The third-order valence-corrected chi connectivity index (χ3v) is 7.42. The Morgan fingerprint density at radius 1 is 1.15 bits per heavy atom. The number of thioether (sulfide) groups is 1. The summed E-state index contributed by atoms with van der Waals surface area (Å²) < 4.78 is 12.2. The van der Waals surface area contributed by atoms with Gasteiger partial charge >= 0.3 is 0 Å². The standard InChI is InChI=1S/C22H26N4O5S2/c1-15(27)23-16-3-2-4-17(11-16)24-19(28)14-33-21-25-18(13-32-21)12-20(29)26-7-5-22(6-8-26)30-9-10-31-22/h2-4,11,13H,5-10,12,14H2,1H3,(H,23,27)(H,24,28). The monoisotopic (exact) mass is 490 g/mol. The van der Waals surface area contributed by atoms with Crippen LogP contribution in [0.5, 0.6) is 0 Å². The van der Waals surface area contributed by atoms with E-state index in [0.29, 0.717) is 56.2 Å². The van der Waals surface area contributed by atoms with Crippen LogP contribution in [0.1, 0.15) is 25.5 Å². The van der Waals surface area contributed by atoms with Gasteiger partial charge in [-0.3, -0.25) is 14.4 Å². The van der Waals surface area contributed by atoms with Crippen molar-refractivity contribution in [2.45, 2.75) is 36.3 Å². The summed E-state index contributed by atoms with van der Waals surface area (Å²) >= 11 is 2.75. The Kier molecular flexibility index (Phi) is 7.63. The number of hydrogen-bond acceptors (Lipinski definition) is 8. The highest BCUT2D eigenvalue weighted by molar-refractivity contribution is 8.01. The number of amides is 3. The summed E-state index contributed by atoms with van der Waals surface area (Å²) in [6.07, 6.45) is 1.63. The predicted molar refractivity (Wildman–Crippen MR) is 126 cm³/mol. The van der Waals surface area contributed by atoms with Gasteiger partial charge in [0.2, 0.25) is 17.7 Å². The molecular weight excluding hydrogens is 464 g/mol. The number of aromatic nitrogens is 1. The highest BCUT2D eigenvalue weighted by Crippen LogP contribution is 2.31. The number of benzene rings is 1. The highest BCUT2D eigenvalue weighted by atomic mass is 32.2. The molecule has 3 heterocycles. The van der Waals surface area contributed by atoms with Gasteiger partial charge in [0.15, 0.2) is 10.1 Å². The quantitative estimate of drug-likeness (QED) is 0.574. The number of ether oxygens (including phenoxy) is 2. The fraction of sp³-hybridized carbons (Fsp3) is 0.455. The van der Waals surface area contributed by atoms with E-state index in [2.05, 4.69) is 15.6 Å². The Balaban J connectivity index is 1.21. The predicted octanol–water partition coefficient (Wildman–Crippen LogP) is 2.74. The second-order valence-electron chi connectivity index (χ2n) is 7.87. The van der Waals surface area contributed by atoms with Gasteiger partial charge in [-0.05, 0) is 18.2 Å². The number of rotatable bonds is 7. The summed E-state index contributed by atoms with van der Waals surface area (Å²) in [6, 6.07) is 6.97. The first-order chi connectivity index (χ1) is 15.9. The van der Waals surface area contributed by atoms with E-state index in [-0.39, 0.29) is 29.9 Å². The van der Waals surface area contributed by atoms with E-state index < -0.39 is 5.79 Å². The van der Waals surface area contributed by atoms with E-state index in [1.807, 2.05) is 10.3 Å². The molecular formula is C22H26N4O5S2. The van der Waals surface area contributed by atoms with Gasteiger partial charge in [0.1, 0.15) is 0 Å². The van der Waals surface area contributed by atoms with Crippen molar-refractivity contribution in [1.29, 1.82) is 0 Å². The number of nitrogens with zero attached hydrogens (tertiary/aromatic N) is 2. The largest absolute Gasteiger partial charge is 0.347 e. The molecule has 2 aromatic rings. The van der Waals surface area contributed by atoms with Gasteiger partial charge in [-0.1, -0.05) is 17.8 Å². The van der Waals surface area contributed by atoms with Crippen LogP contribution in [0.2, 0.25) is 0 Å². The second kappa shape index (κ2) is 10.6. The maximum atomic E-state index is 12.7. The lowest BCUT2D eigenvalue weighted by molar-refractivity contribution is -0.187. The van der Waals surface area contributed by atoms with Crippen molar-refractivity contribution in [3.63, 3.8) is 0 Å². The van der Waals surface area contributed by atoms with Crippen LogP contribution in [0.4, 0.5) is 11.4 Å². The summed E-state index contributed by atoms with van der Waals surface area (Å²) in [5, 5.41) is 7.36. The summed E-state index contributed by atoms with van der Waals surface area (Å²) in [5.41, 5.74) is 1.94. The molecule has 176 valence electrons. The molecule has 11 heteroatoms. The topological polar surface area (TPSA) is 110 Å². The van der Waals surface area contributed by atoms with Gasteiger partial charge in [0.05, 0.1) is 31.1 Å². The summed E-state index contributed by atoms with van der Waals surface area (Å²) in [6.45, 7) is 3.91. The fourth-order valence-corrected chi connectivity index (χ4v) is 5.43. The molecule has 2 aliphatic rings. The molecule has 0 bridgehead atoms. The van der Waals surface area contributed by atoms with Crippen molar-refractivity contribution in [3.05, 3.63) is 35.3 Å². The number of nitrogens with one attached hydrogen (secondary N) is 2. The summed E-state index contributed by atoms with van der Waals surface area (Å²) in [5.74, 6) is -0.604. The minimum Gasteiger partial charge on any atom is -0.347 e. The Morgan fingerprint density at radius 3 is 2.55 bits per heavy atom. The van der Waals surface area contributed by atoms with Crippen molar-refractivity contribution >= 4 is 52.2 Å². The van der Waals surface area contributed by atoms with E-state index in [4.69, 9.17) is 9.47 Å². The highest BCUT2D eigenvalue weighted by Gasteiger charge is 2.40. The van der Waals surface area contributed by atoms with Crippen molar-refractivity contribution in [2.24, 2.45) is 0 Å². The van der Waals surface area contributed by atoms with Crippen LogP contribution in [0, 0.1) is 0 Å². The molecule has 1 aromatic carbocycles. The number of carbonyl (C=O) groups excluding carboxylic acids is 3. The number of likely N-dealkylation sites (tertiary alicyclic amines) is 1. The Hall–Kier alpha value is -2.47. The molecule has 9 nitrogen and oxygen atoms in total. The minimum atomic E-state index is -0.493. The Labute approximate surface area is 200 Å². The zero-order valence-electron chi connectivity index (χ0n) is 18.3. The maximum Gasteiger partial charge on any atom is 0.234 e. The second-order valence-corrected chi connectivity index (χ2v) is 9.95. The number of carbonyl (C=O) groups is 3. The van der Waals surface area contributed by atoms with Crippen LogP contribution < -0.4 is 10.6 Å². The van der Waals surface area contributed by atoms with Gasteiger partial charge < -0.3 is 25.0 Å². The smallest absolute Gasteiger partial charge is 0.234 e. The van der Waals surface area contributed by atoms with Crippen LogP contribution in [0.3, 0.4) is 0 Å². The van der Waals surface area contributed by atoms with Gasteiger partial charge in [-0.2, -0.15) is 0 Å². The lowest BCUT2D eigenvalue weighted by Crippen LogP contribution is -2.47. The average molecular weight is 491 g/mol. The number of hydrogen-bond donors (Lipinski definition) is 2. The molecule has 4 rings (SSSR count). The van der Waals surface area contributed by atoms with Crippen LogP contribution in [-0.2, 0) is 30.3 Å². The number of anilines is 2. The first-order valence-corrected chi connectivity index (χ1v) is 12.6. The SMILES string of the molecule is CC(=O)Nc1cccc(NC(=O)CSc2nc(CC(=O)N3CCC4(CC3)OCCO4)cs2)c1. The lowest BCUT2D eigenvalue weighted by atomic mass is 10.0. The third kappa shape index (κ3) is 6.53. The first-order valence-electron chi connectivity index (χ1n) is 10.7. The minimum absolute atomic E-state index is 0.0430. The molecule has 0 saturated carbocycles. The van der Waals surface area contributed by atoms with Gasteiger partial charge in [0, 0.05) is 49.6 Å². The van der Waals surface area contributed by atoms with Crippen molar-refractivity contribution in [2.75, 3.05) is 42.7 Å². The molecule has 0 atom stereocenters. The molecule has 1 aromatic heterocycles. The molecule has 2 fully saturated rings. The van der Waals surface area contributed by atoms with E-state index in [1.165, 1.54) is 30.0 Å². The molecule has 1 spiro atoms. The van der Waals surface area contributed by atoms with Crippen LogP contribution in [0.25, 0.3) is 0 Å². The first kappa shape index (κ1) is 23.7. The van der Waals surface area contributed by atoms with Gasteiger partial charge in [-0.25, -0.2) is 4.98 Å². The molecule has 2 saturated heterocycles. The van der Waals surface area contributed by atoms with Gasteiger partial charge in [0.25, 0.3) is 0 Å². The lowest BCUT2D eigenvalue weighted by Gasteiger charge is -2.37. The zero-order valence-corrected chi connectivity index (χ0v) is 19.9. The van der Waals surface area contributed by atoms with Crippen molar-refractivity contribution in [3.8, 4) is 0 Å². The summed E-state index contributed by atoms with van der Waals surface area (Å²) in [4.78, 5) is 42.5. The Bertz CT molecular complexity index is 1010. The number of thiazole rings is 1. The normalized spacial score (nSPS) is 17.2. The number of piperidine rings is 1. The van der Waals surface area contributed by atoms with Gasteiger partial charge in [-0.15, -0.1) is 11.3 Å². The Morgan fingerprint density at radius 2 is 1.85 bits per heavy atom. The fourth-order valence-electron chi connectivity index (χ4n) is 3.79. The van der Waals surface area contributed by atoms with Crippen molar-refractivity contribution < 1.29 is 23.9 Å². The van der Waals surface area contributed by atoms with Crippen LogP contribution >= 0.6 is 23.1 Å². The molecule has 3 amide bonds. The van der Waals surface area contributed by atoms with E-state index in [0.717, 1.165) is 4.34 Å². The van der Waals surface area contributed by atoms with Crippen LogP contribution in [0.15, 0.2) is 34.0 Å². The average Bonchev–Trinajstić information content (AvgIpc) is 3.42. The van der Waals surface area contributed by atoms with Crippen molar-refractivity contribution in [1.82, 2.24) is 9.88 Å². The van der Waals surface area contributed by atoms with E-state index in [9.17, 15) is 14.4 Å². The maximum absolute atomic E-state index is 12.7. The zero-order chi connectivity index (χ0) is 23.3. The van der Waals surface area contributed by atoms with E-state index >= 15 is 0 Å². The third-order valence-electron chi connectivity index (χ3n) is 5.35. The molecule has 2 aliphatic heterocycles. The van der Waals surface area contributed by atoms with Crippen LogP contribution in [-0.4, -0.2) is 65.4 Å². The summed E-state index contributed by atoms with van der Waals surface area (Å²) in [7, 11) is 0. The molecule has 2 N–H and O–H groups in total. The molecule has 0 aliphatic carbocycles.